The molecule has 0 amide bonds. The van der Waals surface area contributed by atoms with Gasteiger partial charge in [0.25, 0.3) is 0 Å². The van der Waals surface area contributed by atoms with Crippen LogP contribution in [0.5, 0.6) is 0 Å². The number of nitrogens with zero attached hydrogens (tertiary/aromatic N) is 3. The lowest BCUT2D eigenvalue weighted by Gasteiger charge is -2.12. The molecule has 0 saturated heterocycles. The Balaban J connectivity index is 1.97. The second-order valence-corrected chi connectivity index (χ2v) is 5.29. The molecule has 0 atom stereocenters. The van der Waals surface area contributed by atoms with Gasteiger partial charge in [-0.25, -0.2) is 4.98 Å². The Kier molecular flexibility index (Phi) is 5.51. The minimum atomic E-state index is 0.622. The number of aromatic nitrogens is 2. The Morgan fingerprint density at radius 1 is 1.10 bits per heavy atom. The van der Waals surface area contributed by atoms with E-state index >= 15 is 0 Å². The van der Waals surface area contributed by atoms with Gasteiger partial charge in [0.2, 0.25) is 5.95 Å². The number of hydrogen-bond donors (Lipinski definition) is 2. The monoisotopic (exact) mass is 285 g/mol. The van der Waals surface area contributed by atoms with E-state index in [1.165, 1.54) is 0 Å². The first kappa shape index (κ1) is 15.3. The third-order valence-electron chi connectivity index (χ3n) is 2.97. The van der Waals surface area contributed by atoms with Crippen molar-refractivity contribution in [2.24, 2.45) is 0 Å². The molecule has 0 aliphatic carbocycles. The quantitative estimate of drug-likeness (QED) is 0.766. The first-order valence-electron chi connectivity index (χ1n) is 7.20. The van der Waals surface area contributed by atoms with Gasteiger partial charge in [0.15, 0.2) is 0 Å². The van der Waals surface area contributed by atoms with Crippen LogP contribution in [0.4, 0.5) is 17.5 Å². The van der Waals surface area contributed by atoms with Crippen molar-refractivity contribution in [2.75, 3.05) is 37.8 Å². The summed E-state index contributed by atoms with van der Waals surface area (Å²) in [5.74, 6) is 1.48. The van der Waals surface area contributed by atoms with Gasteiger partial charge in [-0.3, -0.25) is 0 Å². The summed E-state index contributed by atoms with van der Waals surface area (Å²) in [4.78, 5) is 11.1. The zero-order chi connectivity index (χ0) is 15.1. The molecule has 1 aromatic heterocycles. The van der Waals surface area contributed by atoms with Crippen LogP contribution in [0.1, 0.15) is 12.1 Å². The Bertz CT molecular complexity index is 554. The second kappa shape index (κ2) is 7.59. The number of nitrogens with one attached hydrogen (secondary N) is 2. The molecular formula is C16H23N5. The molecule has 0 spiro atoms. The van der Waals surface area contributed by atoms with E-state index in [0.717, 1.165) is 36.7 Å². The number of benzene rings is 1. The van der Waals surface area contributed by atoms with Crippen LogP contribution in [-0.2, 0) is 0 Å². The third kappa shape index (κ3) is 5.39. The van der Waals surface area contributed by atoms with Gasteiger partial charge in [0, 0.05) is 24.0 Å². The normalized spacial score (nSPS) is 10.7. The average molecular weight is 285 g/mol. The van der Waals surface area contributed by atoms with E-state index in [2.05, 4.69) is 39.6 Å². The first-order valence-corrected chi connectivity index (χ1v) is 7.20. The van der Waals surface area contributed by atoms with Crippen LogP contribution in [0, 0.1) is 6.92 Å². The van der Waals surface area contributed by atoms with E-state index in [1.54, 1.807) is 0 Å². The fourth-order valence-corrected chi connectivity index (χ4v) is 1.98. The highest BCUT2D eigenvalue weighted by Gasteiger charge is 2.02. The van der Waals surface area contributed by atoms with Crippen LogP contribution in [0.2, 0.25) is 0 Å². The maximum absolute atomic E-state index is 4.50. The van der Waals surface area contributed by atoms with Gasteiger partial charge < -0.3 is 15.5 Å². The van der Waals surface area contributed by atoms with Crippen LogP contribution in [-0.4, -0.2) is 42.1 Å². The largest absolute Gasteiger partial charge is 0.370 e. The lowest BCUT2D eigenvalue weighted by atomic mass is 10.3. The molecule has 0 unspecified atom stereocenters. The summed E-state index contributed by atoms with van der Waals surface area (Å²) in [6, 6.07) is 11.9. The van der Waals surface area contributed by atoms with Gasteiger partial charge in [-0.15, -0.1) is 0 Å². The molecule has 5 heteroatoms. The zero-order valence-corrected chi connectivity index (χ0v) is 12.9. The predicted molar refractivity (Wildman–Crippen MR) is 88.2 cm³/mol. The summed E-state index contributed by atoms with van der Waals surface area (Å²) < 4.78 is 0. The Labute approximate surface area is 126 Å². The standard InChI is InChI=1S/C16H23N5/c1-13-12-15(17-10-7-11-21(2)3)20-16(18-13)19-14-8-5-4-6-9-14/h4-6,8-9,12H,7,10-11H2,1-3H3,(H2,17,18,19,20). The minimum absolute atomic E-state index is 0.622. The van der Waals surface area contributed by atoms with Gasteiger partial charge >= 0.3 is 0 Å². The molecule has 0 radical (unpaired) electrons. The van der Waals surface area contributed by atoms with E-state index in [0.29, 0.717) is 5.95 Å². The van der Waals surface area contributed by atoms with Crippen molar-refractivity contribution in [3.63, 3.8) is 0 Å². The molecule has 2 aromatic rings. The molecule has 2 N–H and O–H groups in total. The fraction of sp³-hybridized carbons (Fsp3) is 0.375. The third-order valence-corrected chi connectivity index (χ3v) is 2.97. The number of para-hydroxylation sites is 1. The van der Waals surface area contributed by atoms with Crippen molar-refractivity contribution in [1.29, 1.82) is 0 Å². The van der Waals surface area contributed by atoms with Gasteiger partial charge in [0.1, 0.15) is 5.82 Å². The summed E-state index contributed by atoms with van der Waals surface area (Å²) in [7, 11) is 4.16. The van der Waals surface area contributed by atoms with Crippen molar-refractivity contribution in [2.45, 2.75) is 13.3 Å². The highest BCUT2D eigenvalue weighted by atomic mass is 15.1. The lowest BCUT2D eigenvalue weighted by molar-refractivity contribution is 0.405. The molecule has 112 valence electrons. The molecular weight excluding hydrogens is 262 g/mol. The summed E-state index contributed by atoms with van der Waals surface area (Å²) in [6.45, 7) is 3.94. The molecule has 1 aromatic carbocycles. The van der Waals surface area contributed by atoms with Gasteiger partial charge in [-0.1, -0.05) is 18.2 Å². The van der Waals surface area contributed by atoms with Crippen LogP contribution in [0.15, 0.2) is 36.4 Å². The van der Waals surface area contributed by atoms with Gasteiger partial charge in [0.05, 0.1) is 0 Å². The molecule has 0 bridgehead atoms. The van der Waals surface area contributed by atoms with Crippen molar-refractivity contribution in [3.8, 4) is 0 Å². The van der Waals surface area contributed by atoms with E-state index in [1.807, 2.05) is 43.3 Å². The Hall–Kier alpha value is -2.14. The van der Waals surface area contributed by atoms with Gasteiger partial charge in [-0.05, 0) is 46.1 Å². The summed E-state index contributed by atoms with van der Waals surface area (Å²) in [6.07, 6.45) is 1.08. The number of rotatable bonds is 7. The molecule has 0 saturated carbocycles. The van der Waals surface area contributed by atoms with Crippen LogP contribution < -0.4 is 10.6 Å². The lowest BCUT2D eigenvalue weighted by Crippen LogP contribution is -2.16. The molecule has 0 fully saturated rings. The Morgan fingerprint density at radius 2 is 1.86 bits per heavy atom. The molecule has 2 rings (SSSR count). The first-order chi connectivity index (χ1) is 10.1. The highest BCUT2D eigenvalue weighted by molar-refractivity contribution is 5.54. The molecule has 0 aliphatic rings. The predicted octanol–water partition coefficient (Wildman–Crippen LogP) is 2.89. The van der Waals surface area contributed by atoms with Crippen molar-refractivity contribution >= 4 is 17.5 Å². The van der Waals surface area contributed by atoms with Crippen LogP contribution >= 0.6 is 0 Å². The molecule has 0 aliphatic heterocycles. The Morgan fingerprint density at radius 3 is 2.57 bits per heavy atom. The summed E-state index contributed by atoms with van der Waals surface area (Å²) >= 11 is 0. The van der Waals surface area contributed by atoms with E-state index in [9.17, 15) is 0 Å². The molecule has 5 nitrogen and oxygen atoms in total. The van der Waals surface area contributed by atoms with Crippen molar-refractivity contribution < 1.29 is 0 Å². The van der Waals surface area contributed by atoms with Crippen LogP contribution in [0.25, 0.3) is 0 Å². The zero-order valence-electron chi connectivity index (χ0n) is 12.9. The van der Waals surface area contributed by atoms with E-state index in [-0.39, 0.29) is 0 Å². The maximum atomic E-state index is 4.50. The fourth-order valence-electron chi connectivity index (χ4n) is 1.98. The molecule has 1 heterocycles. The van der Waals surface area contributed by atoms with Crippen LogP contribution in [0.3, 0.4) is 0 Å². The highest BCUT2D eigenvalue weighted by Crippen LogP contribution is 2.15. The van der Waals surface area contributed by atoms with Crippen molar-refractivity contribution in [3.05, 3.63) is 42.1 Å². The SMILES string of the molecule is Cc1cc(NCCCN(C)C)nc(Nc2ccccc2)n1. The second-order valence-electron chi connectivity index (χ2n) is 5.29. The summed E-state index contributed by atoms with van der Waals surface area (Å²) in [5, 5.41) is 6.57. The van der Waals surface area contributed by atoms with Gasteiger partial charge in [-0.2, -0.15) is 4.98 Å². The maximum Gasteiger partial charge on any atom is 0.229 e. The van der Waals surface area contributed by atoms with E-state index < -0.39 is 0 Å². The molecule has 21 heavy (non-hydrogen) atoms. The smallest absolute Gasteiger partial charge is 0.229 e. The average Bonchev–Trinajstić information content (AvgIpc) is 2.44. The summed E-state index contributed by atoms with van der Waals surface area (Å²) in [5.41, 5.74) is 1.93. The minimum Gasteiger partial charge on any atom is -0.370 e. The van der Waals surface area contributed by atoms with E-state index in [4.69, 9.17) is 0 Å². The van der Waals surface area contributed by atoms with Crippen molar-refractivity contribution in [1.82, 2.24) is 14.9 Å². The number of hydrogen-bond acceptors (Lipinski definition) is 5. The topological polar surface area (TPSA) is 53.1 Å². The number of anilines is 3. The number of aryl methyl sites for hydroxylation is 1.